The lowest BCUT2D eigenvalue weighted by atomic mass is 10.1. The highest BCUT2D eigenvalue weighted by atomic mass is 127. The van der Waals surface area contributed by atoms with Crippen molar-refractivity contribution in [1.29, 1.82) is 0 Å². The van der Waals surface area contributed by atoms with Gasteiger partial charge in [-0.15, -0.1) is 0 Å². The lowest BCUT2D eigenvalue weighted by Crippen LogP contribution is -2.17. The van der Waals surface area contributed by atoms with Crippen LogP contribution in [0.25, 0.3) is 0 Å². The highest BCUT2D eigenvalue weighted by Crippen LogP contribution is 2.31. The minimum absolute atomic E-state index is 0.215. The lowest BCUT2D eigenvalue weighted by Gasteiger charge is -2.18. The number of ether oxygens (including phenoxy) is 2. The number of hydrogen-bond acceptors (Lipinski definition) is 4. The molecular formula is C15H13IN2O3. The number of carbonyl (C=O) groups is 1. The van der Waals surface area contributed by atoms with E-state index >= 15 is 0 Å². The molecule has 0 aliphatic carbocycles. The smallest absolute Gasteiger partial charge is 0.255 e. The number of benzene rings is 2. The predicted molar refractivity (Wildman–Crippen MR) is 89.0 cm³/mol. The predicted octanol–water partition coefficient (Wildman–Crippen LogP) is 2.90. The Bertz CT molecular complexity index is 703. The normalized spacial score (nSPS) is 12.8. The third-order valence-electron chi connectivity index (χ3n) is 3.06. The molecule has 0 bridgehead atoms. The van der Waals surface area contributed by atoms with Gasteiger partial charge in [0.15, 0.2) is 11.5 Å². The van der Waals surface area contributed by atoms with Gasteiger partial charge in [0.2, 0.25) is 0 Å². The van der Waals surface area contributed by atoms with Gasteiger partial charge in [-0.1, -0.05) is 0 Å². The Kier molecular flexibility index (Phi) is 3.87. The number of nitrogens with one attached hydrogen (secondary N) is 1. The van der Waals surface area contributed by atoms with E-state index in [4.69, 9.17) is 15.2 Å². The summed E-state index contributed by atoms with van der Waals surface area (Å²) in [6.07, 6.45) is 0. The molecule has 1 aliphatic heterocycles. The van der Waals surface area contributed by atoms with Crippen LogP contribution in [0, 0.1) is 3.57 Å². The molecule has 2 aromatic rings. The van der Waals surface area contributed by atoms with Crippen molar-refractivity contribution in [2.75, 3.05) is 24.3 Å². The quantitative estimate of drug-likeness (QED) is 0.605. The molecule has 0 spiro atoms. The van der Waals surface area contributed by atoms with Crippen LogP contribution in [-0.4, -0.2) is 19.1 Å². The van der Waals surface area contributed by atoms with Crippen molar-refractivity contribution in [3.05, 3.63) is 45.5 Å². The summed E-state index contributed by atoms with van der Waals surface area (Å²) >= 11 is 2.14. The Morgan fingerprint density at radius 1 is 1.10 bits per heavy atom. The van der Waals surface area contributed by atoms with E-state index in [1.54, 1.807) is 24.3 Å². The summed E-state index contributed by atoms with van der Waals surface area (Å²) < 4.78 is 11.9. The van der Waals surface area contributed by atoms with Crippen molar-refractivity contribution in [2.45, 2.75) is 0 Å². The maximum absolute atomic E-state index is 12.2. The van der Waals surface area contributed by atoms with Crippen LogP contribution in [0.2, 0.25) is 0 Å². The van der Waals surface area contributed by atoms with Crippen LogP contribution in [0.15, 0.2) is 36.4 Å². The molecule has 3 rings (SSSR count). The molecule has 0 fully saturated rings. The van der Waals surface area contributed by atoms with Gasteiger partial charge in [-0.2, -0.15) is 0 Å². The standard InChI is InChI=1S/C15H13IN2O3/c16-11-3-2-10(8-12(11)17)18-15(19)9-1-4-13-14(7-9)21-6-5-20-13/h1-4,7-8H,5-6,17H2,(H,18,19). The molecule has 0 aromatic heterocycles. The number of nitrogens with two attached hydrogens (primary N) is 1. The molecule has 108 valence electrons. The molecule has 0 saturated carbocycles. The van der Waals surface area contributed by atoms with Crippen LogP contribution in [-0.2, 0) is 0 Å². The highest BCUT2D eigenvalue weighted by molar-refractivity contribution is 14.1. The lowest BCUT2D eigenvalue weighted by molar-refractivity contribution is 0.102. The monoisotopic (exact) mass is 396 g/mol. The number of carbonyl (C=O) groups excluding carboxylic acids is 1. The second-order valence-corrected chi connectivity index (χ2v) is 5.71. The molecule has 0 radical (unpaired) electrons. The zero-order chi connectivity index (χ0) is 14.8. The second kappa shape index (κ2) is 5.80. The Morgan fingerprint density at radius 3 is 2.62 bits per heavy atom. The SMILES string of the molecule is Nc1cc(NC(=O)c2ccc3c(c2)OCCO3)ccc1I. The third kappa shape index (κ3) is 3.05. The van der Waals surface area contributed by atoms with E-state index < -0.39 is 0 Å². The summed E-state index contributed by atoms with van der Waals surface area (Å²) in [4.78, 5) is 12.2. The van der Waals surface area contributed by atoms with Crippen molar-refractivity contribution in [1.82, 2.24) is 0 Å². The molecule has 0 saturated heterocycles. The van der Waals surface area contributed by atoms with Gasteiger partial charge in [0.25, 0.3) is 5.91 Å². The van der Waals surface area contributed by atoms with Gasteiger partial charge in [-0.05, 0) is 59.0 Å². The van der Waals surface area contributed by atoms with Crippen LogP contribution in [0.5, 0.6) is 11.5 Å². The van der Waals surface area contributed by atoms with E-state index in [1.807, 2.05) is 12.1 Å². The number of rotatable bonds is 2. The Hall–Kier alpha value is -1.96. The first-order valence-corrected chi connectivity index (χ1v) is 7.47. The number of hydrogen-bond donors (Lipinski definition) is 2. The summed E-state index contributed by atoms with van der Waals surface area (Å²) in [6, 6.07) is 10.5. The Labute approximate surface area is 135 Å². The fourth-order valence-electron chi connectivity index (χ4n) is 2.01. The van der Waals surface area contributed by atoms with E-state index in [0.29, 0.717) is 41.7 Å². The maximum atomic E-state index is 12.2. The molecule has 6 heteroatoms. The van der Waals surface area contributed by atoms with E-state index in [9.17, 15) is 4.79 Å². The van der Waals surface area contributed by atoms with Crippen molar-refractivity contribution >= 4 is 39.9 Å². The highest BCUT2D eigenvalue weighted by Gasteiger charge is 2.15. The van der Waals surface area contributed by atoms with Crippen molar-refractivity contribution in [3.63, 3.8) is 0 Å². The molecule has 2 aromatic carbocycles. The summed E-state index contributed by atoms with van der Waals surface area (Å²) in [5.41, 5.74) is 7.64. The summed E-state index contributed by atoms with van der Waals surface area (Å²) in [7, 11) is 0. The van der Waals surface area contributed by atoms with Gasteiger partial charge >= 0.3 is 0 Å². The minimum atomic E-state index is -0.215. The molecular weight excluding hydrogens is 383 g/mol. The molecule has 3 N–H and O–H groups in total. The molecule has 1 amide bonds. The van der Waals surface area contributed by atoms with E-state index in [0.717, 1.165) is 3.57 Å². The van der Waals surface area contributed by atoms with Gasteiger partial charge < -0.3 is 20.5 Å². The first kappa shape index (κ1) is 14.0. The zero-order valence-electron chi connectivity index (χ0n) is 11.1. The van der Waals surface area contributed by atoms with Crippen LogP contribution < -0.4 is 20.5 Å². The zero-order valence-corrected chi connectivity index (χ0v) is 13.2. The molecule has 0 unspecified atom stereocenters. The first-order valence-electron chi connectivity index (χ1n) is 6.39. The van der Waals surface area contributed by atoms with Crippen LogP contribution in [0.1, 0.15) is 10.4 Å². The van der Waals surface area contributed by atoms with E-state index in [2.05, 4.69) is 27.9 Å². The van der Waals surface area contributed by atoms with Gasteiger partial charge in [-0.25, -0.2) is 0 Å². The molecule has 21 heavy (non-hydrogen) atoms. The van der Waals surface area contributed by atoms with E-state index in [1.165, 1.54) is 0 Å². The largest absolute Gasteiger partial charge is 0.486 e. The fraction of sp³-hybridized carbons (Fsp3) is 0.133. The molecule has 0 atom stereocenters. The number of amides is 1. The summed E-state index contributed by atoms with van der Waals surface area (Å²) in [6.45, 7) is 1.02. The van der Waals surface area contributed by atoms with Crippen LogP contribution in [0.4, 0.5) is 11.4 Å². The van der Waals surface area contributed by atoms with Crippen molar-refractivity contribution in [3.8, 4) is 11.5 Å². The number of halogens is 1. The Balaban J connectivity index is 1.80. The molecule has 5 nitrogen and oxygen atoms in total. The minimum Gasteiger partial charge on any atom is -0.486 e. The summed E-state index contributed by atoms with van der Waals surface area (Å²) in [5.74, 6) is 1.04. The van der Waals surface area contributed by atoms with Crippen molar-refractivity contribution in [2.24, 2.45) is 0 Å². The Morgan fingerprint density at radius 2 is 1.86 bits per heavy atom. The number of nitrogen functional groups attached to an aromatic ring is 1. The molecule has 1 heterocycles. The average molecular weight is 396 g/mol. The van der Waals surface area contributed by atoms with Crippen molar-refractivity contribution < 1.29 is 14.3 Å². The topological polar surface area (TPSA) is 73.6 Å². The maximum Gasteiger partial charge on any atom is 0.255 e. The first-order chi connectivity index (χ1) is 10.1. The fourth-order valence-corrected chi connectivity index (χ4v) is 2.34. The average Bonchev–Trinajstić information content (AvgIpc) is 2.50. The number of fused-ring (bicyclic) bond motifs is 1. The van der Waals surface area contributed by atoms with Gasteiger partial charge in [-0.3, -0.25) is 4.79 Å². The number of anilines is 2. The van der Waals surface area contributed by atoms with Gasteiger partial charge in [0, 0.05) is 20.5 Å². The van der Waals surface area contributed by atoms with Gasteiger partial charge in [0.1, 0.15) is 13.2 Å². The van der Waals surface area contributed by atoms with Crippen LogP contribution in [0.3, 0.4) is 0 Å². The second-order valence-electron chi connectivity index (χ2n) is 4.55. The molecule has 1 aliphatic rings. The van der Waals surface area contributed by atoms with E-state index in [-0.39, 0.29) is 5.91 Å². The van der Waals surface area contributed by atoms with Crippen LogP contribution >= 0.6 is 22.6 Å². The van der Waals surface area contributed by atoms with Gasteiger partial charge in [0.05, 0.1) is 0 Å². The third-order valence-corrected chi connectivity index (χ3v) is 4.04. The summed E-state index contributed by atoms with van der Waals surface area (Å²) in [5, 5.41) is 2.81.